The zero-order chi connectivity index (χ0) is 20.5. The molecular weight excluding hydrogens is 375 g/mol. The van der Waals surface area contributed by atoms with Crippen LogP contribution in [-0.2, 0) is 11.0 Å². The van der Waals surface area contributed by atoms with Crippen molar-refractivity contribution in [3.05, 3.63) is 41.2 Å². The first kappa shape index (κ1) is 19.9. The van der Waals surface area contributed by atoms with E-state index in [1.807, 2.05) is 0 Å². The van der Waals surface area contributed by atoms with Gasteiger partial charge in [0, 0.05) is 30.8 Å². The molecule has 150 valence electrons. The fourth-order valence-corrected chi connectivity index (χ4v) is 3.39. The summed E-state index contributed by atoms with van der Waals surface area (Å²) in [6, 6.07) is 4.76. The molecule has 1 amide bonds. The molecule has 1 aliphatic heterocycles. The molecule has 1 aromatic carbocycles. The number of piperidine rings is 1. The van der Waals surface area contributed by atoms with E-state index in [0.717, 1.165) is 12.1 Å². The Bertz CT molecular complexity index is 884. The summed E-state index contributed by atoms with van der Waals surface area (Å²) in [6.45, 7) is 2.51. The van der Waals surface area contributed by atoms with E-state index in [1.54, 1.807) is 11.8 Å². The van der Waals surface area contributed by atoms with Gasteiger partial charge in [0.15, 0.2) is 0 Å². The van der Waals surface area contributed by atoms with Crippen molar-refractivity contribution in [2.75, 3.05) is 13.1 Å². The van der Waals surface area contributed by atoms with Gasteiger partial charge < -0.3 is 15.0 Å². The van der Waals surface area contributed by atoms with E-state index in [-0.39, 0.29) is 35.3 Å². The maximum atomic E-state index is 12.9. The molecule has 9 heteroatoms. The number of benzene rings is 1. The number of aliphatic carboxylic acids is 1. The smallest absolute Gasteiger partial charge is 0.416 e. The molecule has 0 aliphatic carbocycles. The summed E-state index contributed by atoms with van der Waals surface area (Å²) in [7, 11) is 0. The van der Waals surface area contributed by atoms with E-state index >= 15 is 0 Å². The SMILES string of the molecule is Cc1[nH]c(-c2cccc(C(F)(F)F)c2)nc1C(=O)N1CCC(CC(=O)O)CC1. The van der Waals surface area contributed by atoms with E-state index in [1.165, 1.54) is 12.1 Å². The molecule has 2 heterocycles. The van der Waals surface area contributed by atoms with E-state index in [2.05, 4.69) is 9.97 Å². The minimum absolute atomic E-state index is 0.0440. The highest BCUT2D eigenvalue weighted by atomic mass is 19.4. The van der Waals surface area contributed by atoms with Crippen molar-refractivity contribution in [2.45, 2.75) is 32.4 Å². The van der Waals surface area contributed by atoms with E-state index in [9.17, 15) is 22.8 Å². The van der Waals surface area contributed by atoms with Crippen LogP contribution in [-0.4, -0.2) is 44.9 Å². The summed E-state index contributed by atoms with van der Waals surface area (Å²) in [6.07, 6.45) is -3.18. The summed E-state index contributed by atoms with van der Waals surface area (Å²) in [4.78, 5) is 32.3. The number of carbonyl (C=O) groups excluding carboxylic acids is 1. The Hall–Kier alpha value is -2.84. The molecule has 0 spiro atoms. The second-order valence-corrected chi connectivity index (χ2v) is 6.97. The van der Waals surface area contributed by atoms with E-state index in [0.29, 0.717) is 31.6 Å². The maximum absolute atomic E-state index is 12.9. The van der Waals surface area contributed by atoms with Crippen molar-refractivity contribution < 1.29 is 27.9 Å². The Morgan fingerprint density at radius 1 is 1.29 bits per heavy atom. The predicted octanol–water partition coefficient (Wildman–Crippen LogP) is 3.73. The van der Waals surface area contributed by atoms with Gasteiger partial charge in [-0.3, -0.25) is 9.59 Å². The maximum Gasteiger partial charge on any atom is 0.416 e. The fourth-order valence-electron chi connectivity index (χ4n) is 3.39. The van der Waals surface area contributed by atoms with Gasteiger partial charge in [-0.15, -0.1) is 0 Å². The van der Waals surface area contributed by atoms with Crippen LogP contribution in [0.5, 0.6) is 0 Å². The number of H-pyrrole nitrogens is 1. The molecule has 28 heavy (non-hydrogen) atoms. The van der Waals surface area contributed by atoms with E-state index in [4.69, 9.17) is 5.11 Å². The molecule has 2 aromatic rings. The molecule has 0 bridgehead atoms. The van der Waals surface area contributed by atoms with Crippen LogP contribution >= 0.6 is 0 Å². The minimum atomic E-state index is -4.46. The van der Waals surface area contributed by atoms with Crippen LogP contribution in [0.15, 0.2) is 24.3 Å². The third-order valence-electron chi connectivity index (χ3n) is 4.92. The first-order chi connectivity index (χ1) is 13.1. The zero-order valence-electron chi connectivity index (χ0n) is 15.2. The normalized spacial score (nSPS) is 15.6. The monoisotopic (exact) mass is 395 g/mol. The quantitative estimate of drug-likeness (QED) is 0.826. The minimum Gasteiger partial charge on any atom is -0.481 e. The highest BCUT2D eigenvalue weighted by molar-refractivity contribution is 5.94. The van der Waals surface area contributed by atoms with Crippen LogP contribution in [0.2, 0.25) is 0 Å². The number of carboxylic acids is 1. The number of hydrogen-bond donors (Lipinski definition) is 2. The van der Waals surface area contributed by atoms with Crippen LogP contribution in [0.1, 0.15) is 41.0 Å². The van der Waals surface area contributed by atoms with Crippen molar-refractivity contribution >= 4 is 11.9 Å². The summed E-state index contributed by atoms with van der Waals surface area (Å²) >= 11 is 0. The Morgan fingerprint density at radius 3 is 2.57 bits per heavy atom. The van der Waals surface area contributed by atoms with Gasteiger partial charge in [-0.2, -0.15) is 13.2 Å². The number of aryl methyl sites for hydroxylation is 1. The van der Waals surface area contributed by atoms with Gasteiger partial charge in [0.2, 0.25) is 0 Å². The average Bonchev–Trinajstić information content (AvgIpc) is 3.02. The van der Waals surface area contributed by atoms with Crippen LogP contribution in [0.4, 0.5) is 13.2 Å². The zero-order valence-corrected chi connectivity index (χ0v) is 15.2. The Kier molecular flexibility index (Phi) is 5.44. The lowest BCUT2D eigenvalue weighted by Crippen LogP contribution is -2.39. The molecular formula is C19H20F3N3O3. The van der Waals surface area contributed by atoms with Gasteiger partial charge in [-0.1, -0.05) is 12.1 Å². The Balaban J connectivity index is 1.76. The largest absolute Gasteiger partial charge is 0.481 e. The molecule has 1 saturated heterocycles. The first-order valence-electron chi connectivity index (χ1n) is 8.90. The molecule has 6 nitrogen and oxygen atoms in total. The number of nitrogens with zero attached hydrogens (tertiary/aromatic N) is 2. The van der Waals surface area contributed by atoms with Gasteiger partial charge in [0.1, 0.15) is 11.5 Å². The predicted molar refractivity (Wildman–Crippen MR) is 94.6 cm³/mol. The van der Waals surface area contributed by atoms with Gasteiger partial charge in [0.25, 0.3) is 5.91 Å². The number of alkyl halides is 3. The lowest BCUT2D eigenvalue weighted by Gasteiger charge is -2.31. The van der Waals surface area contributed by atoms with Crippen LogP contribution in [0, 0.1) is 12.8 Å². The molecule has 0 unspecified atom stereocenters. The number of likely N-dealkylation sites (tertiary alicyclic amines) is 1. The number of nitrogens with one attached hydrogen (secondary N) is 1. The van der Waals surface area contributed by atoms with Crippen molar-refractivity contribution in [2.24, 2.45) is 5.92 Å². The van der Waals surface area contributed by atoms with Crippen LogP contribution < -0.4 is 0 Å². The molecule has 0 radical (unpaired) electrons. The second-order valence-electron chi connectivity index (χ2n) is 6.97. The van der Waals surface area contributed by atoms with Crippen LogP contribution in [0.3, 0.4) is 0 Å². The van der Waals surface area contributed by atoms with E-state index < -0.39 is 17.7 Å². The van der Waals surface area contributed by atoms with Crippen LogP contribution in [0.25, 0.3) is 11.4 Å². The van der Waals surface area contributed by atoms with Crippen molar-refractivity contribution in [3.8, 4) is 11.4 Å². The lowest BCUT2D eigenvalue weighted by molar-refractivity contribution is -0.139. The molecule has 2 N–H and O–H groups in total. The Morgan fingerprint density at radius 2 is 1.96 bits per heavy atom. The van der Waals surface area contributed by atoms with Gasteiger partial charge in [0.05, 0.1) is 5.56 Å². The standard InChI is InChI=1S/C19H20F3N3O3/c1-11-16(18(28)25-7-5-12(6-8-25)9-15(26)27)24-17(23-11)13-3-2-4-14(10-13)19(20,21)22/h2-4,10,12H,5-9H2,1H3,(H,23,24)(H,26,27). The molecule has 1 aromatic heterocycles. The fraction of sp³-hybridized carbons (Fsp3) is 0.421. The molecule has 1 aliphatic rings. The number of aromatic nitrogens is 2. The number of carboxylic acid groups (broad SMARTS) is 1. The number of rotatable bonds is 4. The summed E-state index contributed by atoms with van der Waals surface area (Å²) in [5.41, 5.74) is 0.110. The van der Waals surface area contributed by atoms with Crippen molar-refractivity contribution in [1.29, 1.82) is 0 Å². The summed E-state index contributed by atoms with van der Waals surface area (Å²) in [5, 5.41) is 8.87. The lowest BCUT2D eigenvalue weighted by atomic mass is 9.93. The van der Waals surface area contributed by atoms with Gasteiger partial charge in [-0.05, 0) is 37.8 Å². The highest BCUT2D eigenvalue weighted by Crippen LogP contribution is 2.32. The van der Waals surface area contributed by atoms with Gasteiger partial charge in [-0.25, -0.2) is 4.98 Å². The average molecular weight is 395 g/mol. The first-order valence-corrected chi connectivity index (χ1v) is 8.90. The third kappa shape index (κ3) is 4.35. The highest BCUT2D eigenvalue weighted by Gasteiger charge is 2.31. The summed E-state index contributed by atoms with van der Waals surface area (Å²) in [5.74, 6) is -0.908. The molecule has 3 rings (SSSR count). The summed E-state index contributed by atoms with van der Waals surface area (Å²) < 4.78 is 38.8. The third-order valence-corrected chi connectivity index (χ3v) is 4.92. The van der Waals surface area contributed by atoms with Gasteiger partial charge >= 0.3 is 12.1 Å². The second kappa shape index (κ2) is 7.65. The van der Waals surface area contributed by atoms with Crippen molar-refractivity contribution in [3.63, 3.8) is 0 Å². The number of amides is 1. The number of carbonyl (C=O) groups is 2. The number of halogens is 3. The molecule has 0 saturated carbocycles. The Labute approximate surface area is 159 Å². The molecule has 1 fully saturated rings. The van der Waals surface area contributed by atoms with Crippen molar-refractivity contribution in [1.82, 2.24) is 14.9 Å². The number of imidazole rings is 1. The number of hydrogen-bond acceptors (Lipinski definition) is 3. The molecule has 0 atom stereocenters. The number of aromatic amines is 1. The topological polar surface area (TPSA) is 86.3 Å².